The van der Waals surface area contributed by atoms with Crippen molar-refractivity contribution in [1.29, 1.82) is 0 Å². The standard InChI is InChI=1S/C8H12O2/c1-2-3-4-8(5-9)6-10-7-8/h2,5H,1,3-4,6-7H2. The first-order valence-electron chi connectivity index (χ1n) is 3.48. The molecule has 0 amide bonds. The third kappa shape index (κ3) is 1.27. The first kappa shape index (κ1) is 7.48. The van der Waals surface area contributed by atoms with Crippen LogP contribution in [0.5, 0.6) is 0 Å². The van der Waals surface area contributed by atoms with Gasteiger partial charge in [0, 0.05) is 0 Å². The van der Waals surface area contributed by atoms with Crippen molar-refractivity contribution in [1.82, 2.24) is 0 Å². The Labute approximate surface area is 60.9 Å². The van der Waals surface area contributed by atoms with E-state index in [0.717, 1.165) is 19.1 Å². The normalized spacial score (nSPS) is 21.2. The van der Waals surface area contributed by atoms with E-state index < -0.39 is 0 Å². The van der Waals surface area contributed by atoms with Gasteiger partial charge in [-0.2, -0.15) is 0 Å². The fourth-order valence-electron chi connectivity index (χ4n) is 1.03. The molecule has 0 bridgehead atoms. The molecule has 2 heteroatoms. The molecule has 0 aliphatic carbocycles. The number of carbonyl (C=O) groups is 1. The molecule has 0 unspecified atom stereocenters. The van der Waals surface area contributed by atoms with Crippen LogP contribution in [0.1, 0.15) is 12.8 Å². The molecule has 1 aliphatic heterocycles. The van der Waals surface area contributed by atoms with Crippen LogP contribution in [0.25, 0.3) is 0 Å². The molecule has 2 nitrogen and oxygen atoms in total. The number of carbonyl (C=O) groups excluding carboxylic acids is 1. The lowest BCUT2D eigenvalue weighted by Gasteiger charge is -2.36. The molecule has 0 aromatic carbocycles. The van der Waals surface area contributed by atoms with Crippen LogP contribution in [0.3, 0.4) is 0 Å². The zero-order valence-electron chi connectivity index (χ0n) is 6.01. The van der Waals surface area contributed by atoms with Gasteiger partial charge in [-0.05, 0) is 12.8 Å². The second-order valence-corrected chi connectivity index (χ2v) is 2.80. The van der Waals surface area contributed by atoms with Crippen molar-refractivity contribution in [3.05, 3.63) is 12.7 Å². The number of ether oxygens (including phenoxy) is 1. The summed E-state index contributed by atoms with van der Waals surface area (Å²) in [6.07, 6.45) is 4.64. The lowest BCUT2D eigenvalue weighted by molar-refractivity contribution is -0.147. The Hall–Kier alpha value is -0.630. The number of hydrogen-bond acceptors (Lipinski definition) is 2. The van der Waals surface area contributed by atoms with Crippen molar-refractivity contribution < 1.29 is 9.53 Å². The van der Waals surface area contributed by atoms with E-state index >= 15 is 0 Å². The Morgan fingerprint density at radius 1 is 1.60 bits per heavy atom. The van der Waals surface area contributed by atoms with Crippen molar-refractivity contribution in [2.75, 3.05) is 13.2 Å². The van der Waals surface area contributed by atoms with Crippen molar-refractivity contribution in [2.24, 2.45) is 5.41 Å². The van der Waals surface area contributed by atoms with Crippen molar-refractivity contribution in [2.45, 2.75) is 12.8 Å². The molecule has 1 heterocycles. The maximum Gasteiger partial charge on any atom is 0.130 e. The lowest BCUT2D eigenvalue weighted by Crippen LogP contribution is -2.43. The Morgan fingerprint density at radius 3 is 2.60 bits per heavy atom. The summed E-state index contributed by atoms with van der Waals surface area (Å²) in [7, 11) is 0. The molecule has 0 saturated carbocycles. The van der Waals surface area contributed by atoms with Gasteiger partial charge < -0.3 is 9.53 Å². The second kappa shape index (κ2) is 2.97. The van der Waals surface area contributed by atoms with Gasteiger partial charge in [0.2, 0.25) is 0 Å². The number of aldehydes is 1. The maximum atomic E-state index is 10.5. The number of rotatable bonds is 4. The topological polar surface area (TPSA) is 26.3 Å². The maximum absolute atomic E-state index is 10.5. The number of allylic oxidation sites excluding steroid dienone is 1. The summed E-state index contributed by atoms with van der Waals surface area (Å²) < 4.78 is 4.96. The quantitative estimate of drug-likeness (QED) is 0.433. The highest BCUT2D eigenvalue weighted by Gasteiger charge is 2.37. The summed E-state index contributed by atoms with van der Waals surface area (Å²) in [5, 5.41) is 0. The van der Waals surface area contributed by atoms with Crippen LogP contribution in [0.4, 0.5) is 0 Å². The minimum absolute atomic E-state index is 0.159. The minimum Gasteiger partial charge on any atom is -0.379 e. The largest absolute Gasteiger partial charge is 0.379 e. The molecule has 0 N–H and O–H groups in total. The second-order valence-electron chi connectivity index (χ2n) is 2.80. The highest BCUT2D eigenvalue weighted by atomic mass is 16.5. The van der Waals surface area contributed by atoms with Gasteiger partial charge in [0.1, 0.15) is 6.29 Å². The van der Waals surface area contributed by atoms with Gasteiger partial charge in [0.25, 0.3) is 0 Å². The molecule has 1 fully saturated rings. The molecule has 1 saturated heterocycles. The number of hydrogen-bond donors (Lipinski definition) is 0. The van der Waals surface area contributed by atoms with Gasteiger partial charge in [-0.15, -0.1) is 6.58 Å². The Morgan fingerprint density at radius 2 is 2.30 bits per heavy atom. The van der Waals surface area contributed by atoms with Crippen molar-refractivity contribution in [3.63, 3.8) is 0 Å². The molecule has 56 valence electrons. The highest BCUT2D eigenvalue weighted by molar-refractivity contribution is 5.61. The van der Waals surface area contributed by atoms with Gasteiger partial charge in [0.05, 0.1) is 18.6 Å². The molecule has 0 aromatic rings. The Kier molecular flexibility index (Phi) is 2.22. The molecule has 10 heavy (non-hydrogen) atoms. The SMILES string of the molecule is C=CCCC1(C=O)COC1. The first-order valence-corrected chi connectivity index (χ1v) is 3.48. The summed E-state index contributed by atoms with van der Waals surface area (Å²) in [4.78, 5) is 10.5. The summed E-state index contributed by atoms with van der Waals surface area (Å²) in [6, 6.07) is 0. The lowest BCUT2D eigenvalue weighted by atomic mass is 9.83. The molecule has 0 spiro atoms. The van der Waals surface area contributed by atoms with Gasteiger partial charge in [-0.25, -0.2) is 0 Å². The monoisotopic (exact) mass is 140 g/mol. The summed E-state index contributed by atoms with van der Waals surface area (Å²) in [5.41, 5.74) is -0.159. The first-order chi connectivity index (χ1) is 4.83. The molecular formula is C8H12O2. The Bertz CT molecular complexity index is 136. The van der Waals surface area contributed by atoms with Crippen LogP contribution in [-0.2, 0) is 9.53 Å². The fraction of sp³-hybridized carbons (Fsp3) is 0.625. The van der Waals surface area contributed by atoms with E-state index in [1.54, 1.807) is 0 Å². The van der Waals surface area contributed by atoms with Crippen LogP contribution in [-0.4, -0.2) is 19.5 Å². The predicted molar refractivity (Wildman–Crippen MR) is 38.7 cm³/mol. The van der Waals surface area contributed by atoms with Crippen LogP contribution in [0.15, 0.2) is 12.7 Å². The van der Waals surface area contributed by atoms with E-state index in [9.17, 15) is 4.79 Å². The van der Waals surface area contributed by atoms with Gasteiger partial charge in [-0.1, -0.05) is 6.08 Å². The zero-order valence-corrected chi connectivity index (χ0v) is 6.01. The van der Waals surface area contributed by atoms with E-state index in [-0.39, 0.29) is 5.41 Å². The van der Waals surface area contributed by atoms with Crippen LogP contribution >= 0.6 is 0 Å². The summed E-state index contributed by atoms with van der Waals surface area (Å²) in [6.45, 7) is 4.80. The summed E-state index contributed by atoms with van der Waals surface area (Å²) >= 11 is 0. The van der Waals surface area contributed by atoms with E-state index in [4.69, 9.17) is 4.74 Å². The van der Waals surface area contributed by atoms with Crippen molar-refractivity contribution in [3.8, 4) is 0 Å². The van der Waals surface area contributed by atoms with Gasteiger partial charge in [0.15, 0.2) is 0 Å². The predicted octanol–water partition coefficient (Wildman–Crippen LogP) is 1.17. The van der Waals surface area contributed by atoms with E-state index in [0.29, 0.717) is 13.2 Å². The average molecular weight is 140 g/mol. The van der Waals surface area contributed by atoms with Gasteiger partial charge in [-0.3, -0.25) is 0 Å². The Balaban J connectivity index is 2.33. The van der Waals surface area contributed by atoms with E-state index in [1.165, 1.54) is 0 Å². The van der Waals surface area contributed by atoms with Crippen LogP contribution in [0, 0.1) is 5.41 Å². The van der Waals surface area contributed by atoms with Gasteiger partial charge >= 0.3 is 0 Å². The summed E-state index contributed by atoms with van der Waals surface area (Å²) in [5.74, 6) is 0. The van der Waals surface area contributed by atoms with E-state index in [2.05, 4.69) is 6.58 Å². The molecule has 0 aromatic heterocycles. The highest BCUT2D eigenvalue weighted by Crippen LogP contribution is 2.30. The molecule has 0 atom stereocenters. The fourth-order valence-corrected chi connectivity index (χ4v) is 1.03. The third-order valence-corrected chi connectivity index (χ3v) is 1.88. The zero-order chi connectivity index (χ0) is 7.45. The molecular weight excluding hydrogens is 128 g/mol. The molecule has 1 rings (SSSR count). The minimum atomic E-state index is -0.159. The van der Waals surface area contributed by atoms with Crippen molar-refractivity contribution >= 4 is 6.29 Å². The average Bonchev–Trinajstić information content (AvgIpc) is 1.87. The van der Waals surface area contributed by atoms with Crippen LogP contribution < -0.4 is 0 Å². The third-order valence-electron chi connectivity index (χ3n) is 1.88. The molecule has 1 aliphatic rings. The smallest absolute Gasteiger partial charge is 0.130 e. The molecule has 0 radical (unpaired) electrons. The van der Waals surface area contributed by atoms with E-state index in [1.807, 2.05) is 6.08 Å². The van der Waals surface area contributed by atoms with Crippen LogP contribution in [0.2, 0.25) is 0 Å².